The molecule has 0 aliphatic heterocycles. The van der Waals surface area contributed by atoms with Crippen LogP contribution in [0.3, 0.4) is 0 Å². The van der Waals surface area contributed by atoms with Crippen molar-refractivity contribution in [3.8, 4) is 5.82 Å². The number of rotatable bonds is 8. The van der Waals surface area contributed by atoms with Crippen LogP contribution >= 0.6 is 0 Å². The third kappa shape index (κ3) is 5.35. The van der Waals surface area contributed by atoms with Gasteiger partial charge in [0, 0.05) is 18.3 Å². The molecule has 174 valence electrons. The minimum Gasteiger partial charge on any atom is -0.348 e. The average Bonchev–Trinajstić information content (AvgIpc) is 3.32. The number of anilines is 2. The van der Waals surface area contributed by atoms with Gasteiger partial charge in [0.2, 0.25) is 11.9 Å². The van der Waals surface area contributed by atoms with E-state index in [4.69, 9.17) is 0 Å². The number of nitrogens with zero attached hydrogens (tertiary/aromatic N) is 4. The molecule has 1 amide bonds. The van der Waals surface area contributed by atoms with Gasteiger partial charge >= 0.3 is 0 Å². The van der Waals surface area contributed by atoms with Crippen LogP contribution in [0.5, 0.6) is 0 Å². The minimum atomic E-state index is -0.0216. The third-order valence-corrected chi connectivity index (χ3v) is 5.85. The van der Waals surface area contributed by atoms with Crippen LogP contribution < -0.4 is 10.6 Å². The van der Waals surface area contributed by atoms with Crippen LogP contribution in [0.1, 0.15) is 30.5 Å². The first-order valence-electron chi connectivity index (χ1n) is 11.6. The molecule has 2 aromatic heterocycles. The van der Waals surface area contributed by atoms with E-state index in [0.717, 1.165) is 27.8 Å². The molecule has 7 nitrogen and oxygen atoms in total. The van der Waals surface area contributed by atoms with E-state index in [-0.39, 0.29) is 11.9 Å². The molecule has 0 radical (unpaired) electrons. The summed E-state index contributed by atoms with van der Waals surface area (Å²) in [6, 6.07) is 27.8. The highest BCUT2D eigenvalue weighted by atomic mass is 16.1. The quantitative estimate of drug-likeness (QED) is 0.315. The van der Waals surface area contributed by atoms with Crippen LogP contribution in [0.4, 0.5) is 11.6 Å². The molecule has 0 aliphatic rings. The summed E-state index contributed by atoms with van der Waals surface area (Å²) in [4.78, 5) is 26.0. The molecule has 3 aromatic carbocycles. The van der Waals surface area contributed by atoms with Crippen molar-refractivity contribution in [2.75, 3.05) is 10.6 Å². The second-order valence-electron chi connectivity index (χ2n) is 8.37. The molecule has 1 unspecified atom stereocenters. The Hall–Kier alpha value is -4.52. The lowest BCUT2D eigenvalue weighted by molar-refractivity contribution is -0.116. The standard InChI is InChI=1S/C28H26N6O/c1-20(22-10-6-3-7-11-22)31-28-29-17-16-26(33-28)34-19-30-24-18-23(13-14-25(24)34)32-27(35)15-12-21-8-4-2-5-9-21/h2-11,13-14,16-20H,12,15H2,1H3,(H,32,35)(H,29,31,33). The van der Waals surface area contributed by atoms with Crippen molar-refractivity contribution in [1.82, 2.24) is 19.5 Å². The summed E-state index contributed by atoms with van der Waals surface area (Å²) in [6.07, 6.45) is 4.60. The SMILES string of the molecule is CC(Nc1nccc(-n2cnc3cc(NC(=O)CCc4ccccc4)ccc32)n1)c1ccccc1. The van der Waals surface area contributed by atoms with Gasteiger partial charge in [-0.15, -0.1) is 0 Å². The van der Waals surface area contributed by atoms with E-state index in [1.54, 1.807) is 12.5 Å². The second kappa shape index (κ2) is 10.2. The predicted molar refractivity (Wildman–Crippen MR) is 139 cm³/mol. The molecule has 0 bridgehead atoms. The van der Waals surface area contributed by atoms with Crippen LogP contribution in [0.2, 0.25) is 0 Å². The molecule has 2 N–H and O–H groups in total. The van der Waals surface area contributed by atoms with Gasteiger partial charge in [-0.05, 0) is 48.7 Å². The van der Waals surface area contributed by atoms with Crippen LogP contribution in [0, 0.1) is 0 Å². The summed E-state index contributed by atoms with van der Waals surface area (Å²) in [7, 11) is 0. The lowest BCUT2D eigenvalue weighted by atomic mass is 10.1. The Balaban J connectivity index is 1.28. The maximum atomic E-state index is 12.4. The number of carbonyl (C=O) groups excluding carboxylic acids is 1. The number of carbonyl (C=O) groups is 1. The Labute approximate surface area is 203 Å². The maximum Gasteiger partial charge on any atom is 0.225 e. The Morgan fingerprint density at radius 1 is 0.943 bits per heavy atom. The van der Waals surface area contributed by atoms with Gasteiger partial charge in [0.05, 0.1) is 17.1 Å². The van der Waals surface area contributed by atoms with Crippen molar-refractivity contribution in [1.29, 1.82) is 0 Å². The highest BCUT2D eigenvalue weighted by Crippen LogP contribution is 2.22. The van der Waals surface area contributed by atoms with Gasteiger partial charge in [0.15, 0.2) is 0 Å². The van der Waals surface area contributed by atoms with Gasteiger partial charge in [-0.25, -0.2) is 9.97 Å². The van der Waals surface area contributed by atoms with E-state index in [0.29, 0.717) is 24.6 Å². The fraction of sp³-hybridized carbons (Fsp3) is 0.143. The summed E-state index contributed by atoms with van der Waals surface area (Å²) < 4.78 is 1.91. The average molecular weight is 463 g/mol. The number of aryl methyl sites for hydroxylation is 1. The molecule has 1 atom stereocenters. The zero-order valence-electron chi connectivity index (χ0n) is 19.4. The number of benzene rings is 3. The van der Waals surface area contributed by atoms with Crippen molar-refractivity contribution >= 4 is 28.6 Å². The monoisotopic (exact) mass is 462 g/mol. The van der Waals surface area contributed by atoms with Crippen LogP contribution in [-0.2, 0) is 11.2 Å². The van der Waals surface area contributed by atoms with E-state index in [2.05, 4.69) is 44.6 Å². The summed E-state index contributed by atoms with van der Waals surface area (Å²) in [5.41, 5.74) is 4.70. The molecular weight excluding hydrogens is 436 g/mol. The highest BCUT2D eigenvalue weighted by Gasteiger charge is 2.11. The van der Waals surface area contributed by atoms with E-state index < -0.39 is 0 Å². The molecule has 35 heavy (non-hydrogen) atoms. The molecular formula is C28H26N6O. The van der Waals surface area contributed by atoms with Gasteiger partial charge in [0.1, 0.15) is 12.1 Å². The highest BCUT2D eigenvalue weighted by molar-refractivity contribution is 5.93. The van der Waals surface area contributed by atoms with Crippen molar-refractivity contribution in [2.24, 2.45) is 0 Å². The number of aromatic nitrogens is 4. The molecule has 0 spiro atoms. The van der Waals surface area contributed by atoms with Crippen molar-refractivity contribution in [2.45, 2.75) is 25.8 Å². The summed E-state index contributed by atoms with van der Waals surface area (Å²) in [5.74, 6) is 1.24. The largest absolute Gasteiger partial charge is 0.348 e. The Morgan fingerprint density at radius 3 is 2.51 bits per heavy atom. The van der Waals surface area contributed by atoms with E-state index in [9.17, 15) is 4.79 Å². The second-order valence-corrected chi connectivity index (χ2v) is 8.37. The first-order valence-corrected chi connectivity index (χ1v) is 11.6. The minimum absolute atomic E-state index is 0.0216. The number of imidazole rings is 1. The topological polar surface area (TPSA) is 84.7 Å². The molecule has 5 aromatic rings. The lowest BCUT2D eigenvalue weighted by Gasteiger charge is -2.14. The first kappa shape index (κ1) is 22.3. The fourth-order valence-electron chi connectivity index (χ4n) is 3.97. The molecule has 0 saturated heterocycles. The number of hydrogen-bond acceptors (Lipinski definition) is 5. The number of nitrogens with one attached hydrogen (secondary N) is 2. The van der Waals surface area contributed by atoms with Gasteiger partial charge in [-0.1, -0.05) is 60.7 Å². The Bertz CT molecular complexity index is 1430. The Morgan fingerprint density at radius 2 is 1.71 bits per heavy atom. The molecule has 0 saturated carbocycles. The summed E-state index contributed by atoms with van der Waals surface area (Å²) in [6.45, 7) is 2.08. The van der Waals surface area contributed by atoms with E-state index >= 15 is 0 Å². The molecule has 0 fully saturated rings. The van der Waals surface area contributed by atoms with Crippen LogP contribution in [0.15, 0.2) is 97.5 Å². The summed E-state index contributed by atoms with van der Waals surface area (Å²) >= 11 is 0. The van der Waals surface area contributed by atoms with Gasteiger partial charge in [-0.3, -0.25) is 9.36 Å². The van der Waals surface area contributed by atoms with Crippen molar-refractivity contribution < 1.29 is 4.79 Å². The van der Waals surface area contributed by atoms with Crippen molar-refractivity contribution in [3.05, 3.63) is 109 Å². The predicted octanol–water partition coefficient (Wildman–Crippen LogP) is 5.56. The number of fused-ring (bicyclic) bond motifs is 1. The van der Waals surface area contributed by atoms with Crippen LogP contribution in [0.25, 0.3) is 16.9 Å². The van der Waals surface area contributed by atoms with Crippen LogP contribution in [-0.4, -0.2) is 25.4 Å². The lowest BCUT2D eigenvalue weighted by Crippen LogP contribution is -2.12. The van der Waals surface area contributed by atoms with Gasteiger partial charge < -0.3 is 10.6 Å². The molecule has 5 rings (SSSR count). The normalized spacial score (nSPS) is 11.8. The maximum absolute atomic E-state index is 12.4. The zero-order chi connectivity index (χ0) is 24.0. The fourth-order valence-corrected chi connectivity index (χ4v) is 3.97. The molecule has 2 heterocycles. The number of amides is 1. The van der Waals surface area contributed by atoms with Crippen molar-refractivity contribution in [3.63, 3.8) is 0 Å². The molecule has 7 heteroatoms. The zero-order valence-corrected chi connectivity index (χ0v) is 19.4. The van der Waals surface area contributed by atoms with Gasteiger partial charge in [-0.2, -0.15) is 4.98 Å². The van der Waals surface area contributed by atoms with Gasteiger partial charge in [0.25, 0.3) is 0 Å². The smallest absolute Gasteiger partial charge is 0.225 e. The van der Waals surface area contributed by atoms with E-state index in [1.165, 1.54) is 0 Å². The number of hydrogen-bond donors (Lipinski definition) is 2. The van der Waals surface area contributed by atoms with E-state index in [1.807, 2.05) is 77.4 Å². The summed E-state index contributed by atoms with van der Waals surface area (Å²) in [5, 5.41) is 6.34. The molecule has 0 aliphatic carbocycles. The first-order chi connectivity index (χ1) is 17.2. The Kier molecular flexibility index (Phi) is 6.48. The third-order valence-electron chi connectivity index (χ3n) is 5.85.